The molecule has 0 bridgehead atoms. The Balaban J connectivity index is 1.48. The maximum atomic E-state index is 13.0. The lowest BCUT2D eigenvalue weighted by atomic mass is 9.51. The first-order valence-electron chi connectivity index (χ1n) is 10.6. The molecule has 2 saturated carbocycles. The number of likely N-dealkylation sites (N-methyl/N-ethyl adjacent to an activating group) is 1. The lowest BCUT2D eigenvalue weighted by molar-refractivity contribution is -0.143. The summed E-state index contributed by atoms with van der Waals surface area (Å²) in [6.07, 6.45) is 4.19. The third-order valence-corrected chi connectivity index (χ3v) is 7.16. The van der Waals surface area contributed by atoms with Crippen LogP contribution >= 0.6 is 0 Å². The molecular formula is C20H28N6O5. The number of carbonyl (C=O) groups excluding carboxylic acids is 5. The number of carbonyl (C=O) groups is 5. The fraction of sp³-hybridized carbons (Fsp3) is 0.650. The predicted octanol–water partition coefficient (Wildman–Crippen LogP) is -0.0406. The van der Waals surface area contributed by atoms with E-state index >= 15 is 0 Å². The zero-order valence-electron chi connectivity index (χ0n) is 17.8. The van der Waals surface area contributed by atoms with Crippen LogP contribution in [0.4, 0.5) is 9.59 Å². The predicted molar refractivity (Wildman–Crippen MR) is 108 cm³/mol. The van der Waals surface area contributed by atoms with E-state index in [9.17, 15) is 24.0 Å². The zero-order chi connectivity index (χ0) is 22.7. The largest absolute Gasteiger partial charge is 0.385 e. The van der Waals surface area contributed by atoms with Gasteiger partial charge < -0.3 is 16.8 Å². The Hall–Kier alpha value is -3.11. The maximum absolute atomic E-state index is 13.0. The Labute approximate surface area is 179 Å². The van der Waals surface area contributed by atoms with Crippen LogP contribution < -0.4 is 16.8 Å². The summed E-state index contributed by atoms with van der Waals surface area (Å²) in [5.74, 6) is -2.08. The van der Waals surface area contributed by atoms with Gasteiger partial charge in [0, 0.05) is 19.6 Å². The zero-order valence-corrected chi connectivity index (χ0v) is 17.8. The van der Waals surface area contributed by atoms with Gasteiger partial charge in [-0.1, -0.05) is 6.92 Å². The second kappa shape index (κ2) is 6.96. The van der Waals surface area contributed by atoms with Crippen molar-refractivity contribution in [2.75, 3.05) is 13.6 Å². The van der Waals surface area contributed by atoms with Crippen molar-refractivity contribution in [1.29, 1.82) is 0 Å². The van der Waals surface area contributed by atoms with Crippen molar-refractivity contribution < 1.29 is 24.0 Å². The van der Waals surface area contributed by atoms with E-state index in [1.54, 1.807) is 0 Å². The van der Waals surface area contributed by atoms with E-state index < -0.39 is 23.4 Å². The van der Waals surface area contributed by atoms with Gasteiger partial charge in [-0.3, -0.25) is 29.1 Å². The van der Waals surface area contributed by atoms with Crippen molar-refractivity contribution in [3.8, 4) is 0 Å². The van der Waals surface area contributed by atoms with Crippen LogP contribution in [0.15, 0.2) is 11.4 Å². The van der Waals surface area contributed by atoms with E-state index in [0.29, 0.717) is 44.9 Å². The van der Waals surface area contributed by atoms with Gasteiger partial charge in [-0.25, -0.2) is 9.59 Å². The third-order valence-electron chi connectivity index (χ3n) is 7.16. The van der Waals surface area contributed by atoms with Crippen molar-refractivity contribution in [3.63, 3.8) is 0 Å². The number of nitrogens with zero attached hydrogens (tertiary/aromatic N) is 3. The second-order valence-electron chi connectivity index (χ2n) is 9.21. The Morgan fingerprint density at radius 1 is 1.06 bits per heavy atom. The second-order valence-corrected chi connectivity index (χ2v) is 9.21. The summed E-state index contributed by atoms with van der Waals surface area (Å²) in [7, 11) is 1.47. The maximum Gasteiger partial charge on any atom is 0.334 e. The van der Waals surface area contributed by atoms with E-state index in [2.05, 4.69) is 5.32 Å². The number of hydrogen-bond donors (Lipinski definition) is 3. The highest BCUT2D eigenvalue weighted by molar-refractivity contribution is 6.29. The van der Waals surface area contributed by atoms with E-state index in [-0.39, 0.29) is 41.3 Å². The Kier molecular flexibility index (Phi) is 4.74. The van der Waals surface area contributed by atoms with E-state index in [0.717, 1.165) is 14.7 Å². The van der Waals surface area contributed by atoms with Gasteiger partial charge in [-0.05, 0) is 50.4 Å². The van der Waals surface area contributed by atoms with Crippen molar-refractivity contribution in [2.45, 2.75) is 63.5 Å². The molecular weight excluding hydrogens is 404 g/mol. The molecule has 168 valence electrons. The Bertz CT molecular complexity index is 907. The topological polar surface area (TPSA) is 159 Å². The van der Waals surface area contributed by atoms with Crippen molar-refractivity contribution in [3.05, 3.63) is 11.4 Å². The fourth-order valence-corrected chi connectivity index (χ4v) is 5.69. The van der Waals surface area contributed by atoms with Crippen LogP contribution in [0.1, 0.15) is 51.9 Å². The first-order chi connectivity index (χ1) is 14.6. The normalized spacial score (nSPS) is 33.5. The first-order valence-corrected chi connectivity index (χ1v) is 10.6. The van der Waals surface area contributed by atoms with Crippen molar-refractivity contribution >= 4 is 29.8 Å². The number of amides is 7. The molecule has 0 radical (unpaired) electrons. The first kappa shape index (κ1) is 21.1. The number of barbiturate groups is 1. The summed E-state index contributed by atoms with van der Waals surface area (Å²) in [6.45, 7) is 2.00. The highest BCUT2D eigenvalue weighted by Gasteiger charge is 2.64. The molecule has 31 heavy (non-hydrogen) atoms. The van der Waals surface area contributed by atoms with Gasteiger partial charge in [0.15, 0.2) is 0 Å². The van der Waals surface area contributed by atoms with Gasteiger partial charge in [-0.2, -0.15) is 0 Å². The molecule has 11 heteroatoms. The Morgan fingerprint density at radius 2 is 1.68 bits per heavy atom. The molecule has 2 spiro atoms. The molecule has 2 saturated heterocycles. The van der Waals surface area contributed by atoms with Crippen LogP contribution in [0, 0.1) is 5.41 Å². The van der Waals surface area contributed by atoms with E-state index in [4.69, 9.17) is 11.5 Å². The van der Waals surface area contributed by atoms with Gasteiger partial charge in [-0.15, -0.1) is 0 Å². The van der Waals surface area contributed by atoms with Crippen LogP contribution in [0.2, 0.25) is 0 Å². The van der Waals surface area contributed by atoms with Gasteiger partial charge in [0.1, 0.15) is 16.9 Å². The minimum atomic E-state index is -0.816. The molecule has 0 unspecified atom stereocenters. The summed E-state index contributed by atoms with van der Waals surface area (Å²) in [5, 5.41) is 2.81. The highest BCUT2D eigenvalue weighted by atomic mass is 16.2. The van der Waals surface area contributed by atoms with Gasteiger partial charge in [0.2, 0.25) is 0 Å². The number of nitrogens with two attached hydrogens (primary N) is 2. The molecule has 2 aliphatic carbocycles. The average molecular weight is 432 g/mol. The van der Waals surface area contributed by atoms with Crippen LogP contribution in [-0.2, 0) is 14.4 Å². The summed E-state index contributed by atoms with van der Waals surface area (Å²) in [6, 6.07) is -1.38. The number of urea groups is 2. The molecule has 0 atom stereocenters. The summed E-state index contributed by atoms with van der Waals surface area (Å²) >= 11 is 0. The monoisotopic (exact) mass is 432 g/mol. The SMILES string of the molecule is CCCN1C(=O)C(=C(N)N)C(=O)N(C2CCC3(CC2)CC2(C3)NC(=O)N(C)C2=O)C1=O. The molecule has 5 N–H and O–H groups in total. The third kappa shape index (κ3) is 2.97. The van der Waals surface area contributed by atoms with Crippen LogP contribution in [0.3, 0.4) is 0 Å². The fourth-order valence-electron chi connectivity index (χ4n) is 5.69. The standard InChI is InChI=1S/C20H28N6O5/c1-3-8-25-14(27)12(13(21)22)15(28)26(18(25)31)11-4-6-19(7-5-11)9-20(10-19)16(29)24(2)17(30)23-20/h11H,3-10,21-22H2,1-2H3,(H,23,30). The van der Waals surface area contributed by atoms with Crippen LogP contribution in [0.25, 0.3) is 0 Å². The average Bonchev–Trinajstić information content (AvgIpc) is 2.90. The van der Waals surface area contributed by atoms with Crippen molar-refractivity contribution in [2.24, 2.45) is 16.9 Å². The summed E-state index contributed by atoms with van der Waals surface area (Å²) in [4.78, 5) is 66.1. The molecule has 4 aliphatic rings. The van der Waals surface area contributed by atoms with Crippen LogP contribution in [0.5, 0.6) is 0 Å². The molecule has 2 heterocycles. The van der Waals surface area contributed by atoms with E-state index in [1.807, 2.05) is 6.92 Å². The lowest BCUT2D eigenvalue weighted by Crippen LogP contribution is -2.65. The molecule has 0 aromatic rings. The summed E-state index contributed by atoms with van der Waals surface area (Å²) in [5.41, 5.74) is 9.93. The summed E-state index contributed by atoms with van der Waals surface area (Å²) < 4.78 is 0. The molecule has 7 amide bonds. The molecule has 2 aliphatic heterocycles. The van der Waals surface area contributed by atoms with E-state index in [1.165, 1.54) is 7.05 Å². The molecule has 4 fully saturated rings. The number of hydrogen-bond acceptors (Lipinski definition) is 7. The molecule has 4 rings (SSSR count). The molecule has 0 aromatic heterocycles. The molecule has 11 nitrogen and oxygen atoms in total. The number of nitrogens with one attached hydrogen (secondary N) is 1. The Morgan fingerprint density at radius 3 is 2.16 bits per heavy atom. The number of rotatable bonds is 3. The van der Waals surface area contributed by atoms with Gasteiger partial charge >= 0.3 is 12.1 Å². The van der Waals surface area contributed by atoms with Crippen LogP contribution in [-0.4, -0.2) is 69.7 Å². The van der Waals surface area contributed by atoms with Crippen molar-refractivity contribution in [1.82, 2.24) is 20.0 Å². The molecule has 0 aromatic carbocycles. The lowest BCUT2D eigenvalue weighted by Gasteiger charge is -2.56. The quantitative estimate of drug-likeness (QED) is 0.320. The minimum absolute atomic E-state index is 0.100. The highest BCUT2D eigenvalue weighted by Crippen LogP contribution is 2.58. The van der Waals surface area contributed by atoms with Gasteiger partial charge in [0.05, 0.1) is 0 Å². The van der Waals surface area contributed by atoms with Gasteiger partial charge in [0.25, 0.3) is 17.7 Å². The number of imide groups is 3. The minimum Gasteiger partial charge on any atom is -0.385 e. The smallest absolute Gasteiger partial charge is 0.334 e.